The molecular formula is C36H50N2O11. The molecule has 3 N–H and O–H groups in total. The van der Waals surface area contributed by atoms with Gasteiger partial charge in [0.1, 0.15) is 23.9 Å². The van der Waals surface area contributed by atoms with Crippen molar-refractivity contribution in [2.75, 3.05) is 26.4 Å². The van der Waals surface area contributed by atoms with Gasteiger partial charge in [0.15, 0.2) is 12.4 Å². The number of hydrogen-bond donors (Lipinski definition) is 3. The maximum Gasteiger partial charge on any atom is 0.331 e. The van der Waals surface area contributed by atoms with E-state index in [1.165, 1.54) is 18.6 Å². The number of allylic oxidation sites excluding steroid dienone is 3. The van der Waals surface area contributed by atoms with E-state index in [-0.39, 0.29) is 44.2 Å². The Morgan fingerprint density at radius 3 is 2.67 bits per heavy atom. The van der Waals surface area contributed by atoms with E-state index in [0.29, 0.717) is 23.6 Å². The van der Waals surface area contributed by atoms with Crippen LogP contribution < -0.4 is 0 Å². The summed E-state index contributed by atoms with van der Waals surface area (Å²) in [5.41, 5.74) is 1.21. The highest BCUT2D eigenvalue weighted by molar-refractivity contribution is 5.86. The fraction of sp³-hybridized carbons (Fsp3) is 0.639. The number of aromatic nitrogens is 2. The quantitative estimate of drug-likeness (QED) is 0.177. The molecule has 13 heteroatoms. The smallest absolute Gasteiger partial charge is 0.331 e. The Labute approximate surface area is 287 Å². The zero-order valence-electron chi connectivity index (χ0n) is 29.1. The zero-order valence-corrected chi connectivity index (χ0v) is 29.1. The van der Waals surface area contributed by atoms with Crippen LogP contribution in [0.25, 0.3) is 6.08 Å². The molecule has 270 valence electrons. The minimum atomic E-state index is -1.53. The molecule has 1 saturated heterocycles. The first kappa shape index (κ1) is 37.1. The van der Waals surface area contributed by atoms with E-state index in [2.05, 4.69) is 37.9 Å². The minimum Gasteiger partial charge on any atom is -0.456 e. The molecule has 1 aliphatic carbocycles. The van der Waals surface area contributed by atoms with E-state index in [1.807, 2.05) is 20.0 Å². The number of aliphatic hydroxyl groups excluding tert-OH is 3. The molecule has 0 spiro atoms. The highest BCUT2D eigenvalue weighted by atomic mass is 16.7. The van der Waals surface area contributed by atoms with Crippen LogP contribution in [0.4, 0.5) is 0 Å². The molecular weight excluding hydrogens is 636 g/mol. The Kier molecular flexibility index (Phi) is 11.6. The molecule has 0 aromatic carbocycles. The van der Waals surface area contributed by atoms with Crippen molar-refractivity contribution in [2.24, 2.45) is 30.7 Å². The highest BCUT2D eigenvalue weighted by Gasteiger charge is 2.54. The first-order valence-electron chi connectivity index (χ1n) is 16.9. The molecule has 1 aromatic heterocycles. The number of aliphatic hydroxyl groups is 3. The molecule has 49 heavy (non-hydrogen) atoms. The molecule has 10 atom stereocenters. The van der Waals surface area contributed by atoms with Gasteiger partial charge >= 0.3 is 11.9 Å². The van der Waals surface area contributed by atoms with Crippen molar-refractivity contribution in [3.8, 4) is 0 Å². The van der Waals surface area contributed by atoms with Crippen molar-refractivity contribution < 1.29 is 53.3 Å². The third-order valence-electron chi connectivity index (χ3n) is 9.98. The van der Waals surface area contributed by atoms with E-state index < -0.39 is 54.0 Å². The number of rotatable bonds is 11. The number of imidazole rings is 1. The van der Waals surface area contributed by atoms with Crippen LogP contribution in [0, 0.1) is 23.7 Å². The fourth-order valence-electron chi connectivity index (χ4n) is 7.29. The van der Waals surface area contributed by atoms with Gasteiger partial charge in [-0.15, -0.1) is 0 Å². The summed E-state index contributed by atoms with van der Waals surface area (Å²) < 4.78 is 38.4. The lowest BCUT2D eigenvalue weighted by Gasteiger charge is -2.41. The lowest BCUT2D eigenvalue weighted by molar-refractivity contribution is -0.278. The van der Waals surface area contributed by atoms with Gasteiger partial charge in [-0.05, 0) is 68.6 Å². The van der Waals surface area contributed by atoms with Crippen LogP contribution in [0.3, 0.4) is 0 Å². The predicted molar refractivity (Wildman–Crippen MR) is 176 cm³/mol. The van der Waals surface area contributed by atoms with Crippen LogP contribution in [0.2, 0.25) is 0 Å². The first-order valence-corrected chi connectivity index (χ1v) is 16.9. The molecule has 0 saturated carbocycles. The maximum absolute atomic E-state index is 13.3. The van der Waals surface area contributed by atoms with Crippen molar-refractivity contribution >= 4 is 18.0 Å². The standard InChI is InChI=1S/C36H50N2O11/c1-21(2)26-9-7-22(3)27-16-30(48-31(42)10-8-25-17-38(6)20-37-25)35(5)11-12-36(49-35,46-14-13-39)24(15-28(26)27)18-44-34-33(47-23(4)40)32(43)29(41)19-45-34/h7-8,10-12,15,17,20-21,26-30,32-34,39,41,43H,9,13-14,16,18-19H2,1-6H3/b10-8+,24-15-/t26-,27+,28-,29-,30+,32-,33+,34-,35+,36-/m1/s1. The SMILES string of the molecule is CC(=O)O[C@@H]1[C@H](OC/C2=C/[C@@H]3[C@@H](C(C)C)CC=C(C)[C@@H]3C[C@H](OC(=O)/C=C/c3cn(C)cn3)[C@]3(C)C=C[C@@]2(OCCO)O3)OC[C@@H](O)[C@H]1O. The maximum atomic E-state index is 13.3. The summed E-state index contributed by atoms with van der Waals surface area (Å²) >= 11 is 0. The van der Waals surface area contributed by atoms with Gasteiger partial charge in [-0.2, -0.15) is 0 Å². The second-order valence-corrected chi connectivity index (χ2v) is 13.9. The molecule has 4 heterocycles. The van der Waals surface area contributed by atoms with Gasteiger partial charge in [0.25, 0.3) is 0 Å². The number of esters is 2. The van der Waals surface area contributed by atoms with Gasteiger partial charge in [0.05, 0.1) is 38.4 Å². The monoisotopic (exact) mass is 686 g/mol. The van der Waals surface area contributed by atoms with Crippen molar-refractivity contribution in [1.29, 1.82) is 0 Å². The van der Waals surface area contributed by atoms with Crippen LogP contribution in [-0.2, 0) is 45.1 Å². The number of ether oxygens (including phenoxy) is 6. The summed E-state index contributed by atoms with van der Waals surface area (Å²) in [7, 11) is 1.85. The molecule has 4 aliphatic rings. The summed E-state index contributed by atoms with van der Waals surface area (Å²) in [6, 6.07) is 0. The molecule has 0 unspecified atom stereocenters. The second kappa shape index (κ2) is 15.4. The molecule has 0 radical (unpaired) electrons. The molecule has 13 nitrogen and oxygen atoms in total. The lowest BCUT2D eigenvalue weighted by atomic mass is 9.65. The van der Waals surface area contributed by atoms with E-state index in [4.69, 9.17) is 28.4 Å². The highest BCUT2D eigenvalue weighted by Crippen LogP contribution is 2.50. The number of fused-ring (bicyclic) bond motifs is 3. The van der Waals surface area contributed by atoms with Crippen LogP contribution >= 0.6 is 0 Å². The molecule has 2 bridgehead atoms. The fourth-order valence-corrected chi connectivity index (χ4v) is 7.29. The van der Waals surface area contributed by atoms with E-state index in [0.717, 1.165) is 6.42 Å². The Morgan fingerprint density at radius 1 is 1.22 bits per heavy atom. The molecule has 1 fully saturated rings. The normalized spacial score (nSPS) is 37.1. The Morgan fingerprint density at radius 2 is 2.00 bits per heavy atom. The second-order valence-electron chi connectivity index (χ2n) is 13.9. The van der Waals surface area contributed by atoms with Crippen LogP contribution in [0.1, 0.15) is 53.2 Å². The average Bonchev–Trinajstić information content (AvgIpc) is 3.64. The van der Waals surface area contributed by atoms with Crippen molar-refractivity contribution in [2.45, 2.75) is 89.6 Å². The van der Waals surface area contributed by atoms with Crippen LogP contribution in [-0.4, -0.2) is 105 Å². The van der Waals surface area contributed by atoms with E-state index >= 15 is 0 Å². The van der Waals surface area contributed by atoms with Crippen LogP contribution in [0.5, 0.6) is 0 Å². The summed E-state index contributed by atoms with van der Waals surface area (Å²) in [5.74, 6) is -2.31. The zero-order chi connectivity index (χ0) is 35.5. The summed E-state index contributed by atoms with van der Waals surface area (Å²) in [6.45, 7) is 8.78. The molecule has 1 aromatic rings. The van der Waals surface area contributed by atoms with Gasteiger partial charge in [-0.25, -0.2) is 9.78 Å². The van der Waals surface area contributed by atoms with Crippen molar-refractivity contribution in [3.63, 3.8) is 0 Å². The first-order chi connectivity index (χ1) is 23.2. The summed E-state index contributed by atoms with van der Waals surface area (Å²) in [4.78, 5) is 29.5. The molecule has 5 rings (SSSR count). The Balaban J connectivity index is 1.52. The average molecular weight is 687 g/mol. The largest absolute Gasteiger partial charge is 0.456 e. The van der Waals surface area contributed by atoms with Gasteiger partial charge in [-0.1, -0.05) is 31.6 Å². The number of nitrogens with zero attached hydrogens (tertiary/aromatic N) is 2. The number of aryl methyl sites for hydroxylation is 1. The number of hydrogen-bond acceptors (Lipinski definition) is 12. The number of carbonyl (C=O) groups excluding carboxylic acids is 2. The van der Waals surface area contributed by atoms with E-state index in [1.54, 1.807) is 29.2 Å². The Bertz CT molecular complexity index is 1470. The topological polar surface area (TPSA) is 168 Å². The van der Waals surface area contributed by atoms with Gasteiger partial charge in [0.2, 0.25) is 5.79 Å². The summed E-state index contributed by atoms with van der Waals surface area (Å²) in [6.07, 6.45) is 9.74. The third-order valence-corrected chi connectivity index (χ3v) is 9.98. The van der Waals surface area contributed by atoms with Gasteiger partial charge < -0.3 is 48.3 Å². The third kappa shape index (κ3) is 8.25. The van der Waals surface area contributed by atoms with Crippen LogP contribution in [0.15, 0.2) is 54.1 Å². The number of carbonyl (C=O) groups is 2. The minimum absolute atomic E-state index is 0.0338. The molecule has 3 aliphatic heterocycles. The van der Waals surface area contributed by atoms with Crippen molar-refractivity contribution in [1.82, 2.24) is 9.55 Å². The summed E-state index contributed by atoms with van der Waals surface area (Å²) in [5, 5.41) is 30.7. The molecule has 0 amide bonds. The Hall–Kier alpha value is -3.17. The van der Waals surface area contributed by atoms with Gasteiger partial charge in [-0.3, -0.25) is 4.79 Å². The van der Waals surface area contributed by atoms with E-state index in [9.17, 15) is 24.9 Å². The predicted octanol–water partition coefficient (Wildman–Crippen LogP) is 2.61. The van der Waals surface area contributed by atoms with Crippen molar-refractivity contribution in [3.05, 3.63) is 59.7 Å². The van der Waals surface area contributed by atoms with Gasteiger partial charge in [0, 0.05) is 31.8 Å². The lowest BCUT2D eigenvalue weighted by Crippen LogP contribution is -2.55.